The number of esters is 1. The van der Waals surface area contributed by atoms with E-state index in [0.717, 1.165) is 18.2 Å². The smallest absolute Gasteiger partial charge is 0.327 e. The fraction of sp³-hybridized carbons (Fsp3) is 0.250. The van der Waals surface area contributed by atoms with Crippen LogP contribution in [0.3, 0.4) is 0 Å². The number of carbonyl (C=O) groups excluding carboxylic acids is 1. The Hall–Kier alpha value is -1.23. The lowest BCUT2D eigenvalue weighted by Gasteiger charge is -2.20. The molecule has 1 rings (SSSR count). The Morgan fingerprint density at radius 3 is 2.47 bits per heavy atom. The maximum absolute atomic E-state index is 13.0. The molecule has 0 saturated carbocycles. The predicted octanol–water partition coefficient (Wildman–Crippen LogP) is 3.30. The summed E-state index contributed by atoms with van der Waals surface area (Å²) >= 11 is 3.11. The average Bonchev–Trinajstić information content (AvgIpc) is 2.24. The van der Waals surface area contributed by atoms with Crippen LogP contribution in [0.15, 0.2) is 30.9 Å². The number of ether oxygens (including phenoxy) is 1. The SMILES string of the molecule is C=CCOC(=O)C(C)(Br)c1cc(F)cc(F)c1. The molecule has 1 atom stereocenters. The van der Waals surface area contributed by atoms with Gasteiger partial charge in [0.25, 0.3) is 0 Å². The van der Waals surface area contributed by atoms with Crippen LogP contribution in [0.1, 0.15) is 12.5 Å². The summed E-state index contributed by atoms with van der Waals surface area (Å²) in [4.78, 5) is 11.7. The molecule has 0 aromatic heterocycles. The summed E-state index contributed by atoms with van der Waals surface area (Å²) < 4.78 is 29.6. The maximum Gasteiger partial charge on any atom is 0.327 e. The van der Waals surface area contributed by atoms with Gasteiger partial charge in [-0.2, -0.15) is 0 Å². The molecule has 0 aliphatic rings. The molecule has 1 aromatic carbocycles. The molecule has 2 nitrogen and oxygen atoms in total. The highest BCUT2D eigenvalue weighted by Crippen LogP contribution is 2.33. The normalized spacial score (nSPS) is 13.9. The van der Waals surface area contributed by atoms with Gasteiger partial charge in [0, 0.05) is 6.07 Å². The third kappa shape index (κ3) is 3.36. The van der Waals surface area contributed by atoms with Gasteiger partial charge in [-0.05, 0) is 24.6 Å². The van der Waals surface area contributed by atoms with Crippen molar-refractivity contribution in [2.24, 2.45) is 0 Å². The molecule has 0 heterocycles. The number of benzene rings is 1. The number of halogens is 3. The Labute approximate surface area is 106 Å². The Balaban J connectivity index is 3.02. The van der Waals surface area contributed by atoms with Gasteiger partial charge in [-0.3, -0.25) is 4.79 Å². The van der Waals surface area contributed by atoms with Crippen LogP contribution < -0.4 is 0 Å². The molecule has 17 heavy (non-hydrogen) atoms. The Kier molecular flexibility index (Phi) is 4.40. The number of hydrogen-bond donors (Lipinski definition) is 0. The van der Waals surface area contributed by atoms with Crippen LogP contribution in [0.5, 0.6) is 0 Å². The minimum absolute atomic E-state index is 0.0395. The second-order valence-corrected chi connectivity index (χ2v) is 5.13. The van der Waals surface area contributed by atoms with Crippen LogP contribution in [0.2, 0.25) is 0 Å². The summed E-state index contributed by atoms with van der Waals surface area (Å²) in [5.74, 6) is -2.13. The van der Waals surface area contributed by atoms with Crippen molar-refractivity contribution in [3.8, 4) is 0 Å². The van der Waals surface area contributed by atoms with E-state index in [-0.39, 0.29) is 12.2 Å². The maximum atomic E-state index is 13.0. The quantitative estimate of drug-likeness (QED) is 0.485. The summed E-state index contributed by atoms with van der Waals surface area (Å²) in [6.45, 7) is 4.91. The molecule has 0 amide bonds. The number of rotatable bonds is 4. The van der Waals surface area contributed by atoms with Crippen molar-refractivity contribution in [1.29, 1.82) is 0 Å². The molecule has 0 aliphatic carbocycles. The van der Waals surface area contributed by atoms with Gasteiger partial charge in [0.05, 0.1) is 0 Å². The summed E-state index contributed by atoms with van der Waals surface area (Å²) in [5.41, 5.74) is 0.157. The molecule has 1 aromatic rings. The van der Waals surface area contributed by atoms with Gasteiger partial charge in [0.1, 0.15) is 22.6 Å². The molecule has 1 unspecified atom stereocenters. The number of carbonyl (C=O) groups is 1. The van der Waals surface area contributed by atoms with Crippen molar-refractivity contribution >= 4 is 21.9 Å². The van der Waals surface area contributed by atoms with Crippen molar-refractivity contribution in [1.82, 2.24) is 0 Å². The zero-order valence-electron chi connectivity index (χ0n) is 9.17. The second-order valence-electron chi connectivity index (χ2n) is 3.55. The summed E-state index contributed by atoms with van der Waals surface area (Å²) in [6, 6.07) is 2.89. The number of hydrogen-bond acceptors (Lipinski definition) is 2. The third-order valence-corrected chi connectivity index (χ3v) is 2.90. The molecule has 0 radical (unpaired) electrons. The van der Waals surface area contributed by atoms with E-state index in [1.54, 1.807) is 0 Å². The van der Waals surface area contributed by atoms with Gasteiger partial charge in [-0.15, -0.1) is 0 Å². The lowest BCUT2D eigenvalue weighted by atomic mass is 10.0. The highest BCUT2D eigenvalue weighted by molar-refractivity contribution is 9.10. The lowest BCUT2D eigenvalue weighted by Crippen LogP contribution is -2.28. The second kappa shape index (κ2) is 5.40. The summed E-state index contributed by atoms with van der Waals surface area (Å²) in [6.07, 6.45) is 1.41. The van der Waals surface area contributed by atoms with Gasteiger partial charge in [-0.25, -0.2) is 8.78 Å². The van der Waals surface area contributed by atoms with E-state index in [0.29, 0.717) is 0 Å². The Morgan fingerprint density at radius 1 is 1.47 bits per heavy atom. The molecule has 0 fully saturated rings. The van der Waals surface area contributed by atoms with E-state index in [9.17, 15) is 13.6 Å². The highest BCUT2D eigenvalue weighted by atomic mass is 79.9. The predicted molar refractivity (Wildman–Crippen MR) is 63.8 cm³/mol. The third-order valence-electron chi connectivity index (χ3n) is 2.12. The molecule has 92 valence electrons. The fourth-order valence-electron chi connectivity index (χ4n) is 1.21. The molecule has 0 bridgehead atoms. The zero-order chi connectivity index (χ0) is 13.1. The van der Waals surface area contributed by atoms with Crippen molar-refractivity contribution in [2.75, 3.05) is 6.61 Å². The van der Waals surface area contributed by atoms with Gasteiger partial charge in [0.15, 0.2) is 0 Å². The van der Waals surface area contributed by atoms with Crippen LogP contribution in [0, 0.1) is 11.6 Å². The first-order valence-corrected chi connectivity index (χ1v) is 5.61. The zero-order valence-corrected chi connectivity index (χ0v) is 10.8. The van der Waals surface area contributed by atoms with Gasteiger partial charge in [0.2, 0.25) is 0 Å². The number of alkyl halides is 1. The van der Waals surface area contributed by atoms with Crippen molar-refractivity contribution in [3.63, 3.8) is 0 Å². The summed E-state index contributed by atoms with van der Waals surface area (Å²) in [5, 5.41) is 0. The van der Waals surface area contributed by atoms with Gasteiger partial charge in [-0.1, -0.05) is 28.6 Å². The minimum atomic E-state index is -1.29. The Bertz CT molecular complexity index is 424. The topological polar surface area (TPSA) is 26.3 Å². The molecule has 0 aliphatic heterocycles. The van der Waals surface area contributed by atoms with E-state index >= 15 is 0 Å². The van der Waals surface area contributed by atoms with E-state index in [2.05, 4.69) is 22.5 Å². The standard InChI is InChI=1S/C12H11BrF2O2/c1-3-4-17-11(16)12(2,13)8-5-9(14)7-10(15)6-8/h3,5-7H,1,4H2,2H3. The van der Waals surface area contributed by atoms with E-state index in [1.807, 2.05) is 0 Å². The van der Waals surface area contributed by atoms with Gasteiger partial charge >= 0.3 is 5.97 Å². The largest absolute Gasteiger partial charge is 0.460 e. The van der Waals surface area contributed by atoms with E-state index in [1.165, 1.54) is 13.0 Å². The first kappa shape index (κ1) is 13.8. The van der Waals surface area contributed by atoms with Crippen LogP contribution in [0.25, 0.3) is 0 Å². The van der Waals surface area contributed by atoms with Crippen LogP contribution in [-0.4, -0.2) is 12.6 Å². The molecular formula is C12H11BrF2O2. The monoisotopic (exact) mass is 304 g/mol. The first-order valence-electron chi connectivity index (χ1n) is 4.81. The van der Waals surface area contributed by atoms with E-state index in [4.69, 9.17) is 4.74 Å². The first-order chi connectivity index (χ1) is 7.87. The molecule has 5 heteroatoms. The van der Waals surface area contributed by atoms with Crippen LogP contribution in [-0.2, 0) is 13.9 Å². The van der Waals surface area contributed by atoms with Crippen LogP contribution >= 0.6 is 15.9 Å². The molecule has 0 N–H and O–H groups in total. The molecule has 0 saturated heterocycles. The van der Waals surface area contributed by atoms with Crippen molar-refractivity contribution in [2.45, 2.75) is 11.2 Å². The highest BCUT2D eigenvalue weighted by Gasteiger charge is 2.34. The molecule has 0 spiro atoms. The van der Waals surface area contributed by atoms with Gasteiger partial charge < -0.3 is 4.74 Å². The molecular weight excluding hydrogens is 294 g/mol. The van der Waals surface area contributed by atoms with Crippen LogP contribution in [0.4, 0.5) is 8.78 Å². The Morgan fingerprint density at radius 2 is 2.00 bits per heavy atom. The minimum Gasteiger partial charge on any atom is -0.460 e. The van der Waals surface area contributed by atoms with E-state index < -0.39 is 21.9 Å². The lowest BCUT2D eigenvalue weighted by molar-refractivity contribution is -0.144. The van der Waals surface area contributed by atoms with Crippen molar-refractivity contribution in [3.05, 3.63) is 48.1 Å². The van der Waals surface area contributed by atoms with Crippen molar-refractivity contribution < 1.29 is 18.3 Å². The average molecular weight is 305 g/mol. The summed E-state index contributed by atoms with van der Waals surface area (Å²) in [7, 11) is 0. The fourth-order valence-corrected chi connectivity index (χ4v) is 1.56.